The predicted octanol–water partition coefficient (Wildman–Crippen LogP) is 4.32. The fourth-order valence-electron chi connectivity index (χ4n) is 3.09. The number of para-hydroxylation sites is 1. The molecule has 0 aliphatic rings. The van der Waals surface area contributed by atoms with Crippen molar-refractivity contribution in [2.75, 3.05) is 0 Å². The third-order valence-corrected chi connectivity index (χ3v) is 6.34. The van der Waals surface area contributed by atoms with Gasteiger partial charge in [-0.1, -0.05) is 66.4 Å². The van der Waals surface area contributed by atoms with Gasteiger partial charge in [0.1, 0.15) is 0 Å². The summed E-state index contributed by atoms with van der Waals surface area (Å²) in [5, 5.41) is 24.0. The monoisotopic (exact) mass is 431 g/mol. The molecule has 30 heavy (non-hydrogen) atoms. The van der Waals surface area contributed by atoms with Crippen LogP contribution in [0.2, 0.25) is 0 Å². The van der Waals surface area contributed by atoms with Crippen LogP contribution in [0.4, 0.5) is 0 Å². The summed E-state index contributed by atoms with van der Waals surface area (Å²) in [6, 6.07) is 24.3. The highest BCUT2D eigenvalue weighted by Crippen LogP contribution is 2.29. The molecule has 0 bridgehead atoms. The molecule has 5 aromatic rings. The fourth-order valence-corrected chi connectivity index (χ4v) is 4.65. The van der Waals surface area contributed by atoms with Crippen molar-refractivity contribution in [3.63, 3.8) is 0 Å². The minimum Gasteiger partial charge on any atom is -0.297 e. The van der Waals surface area contributed by atoms with Crippen LogP contribution in [0.1, 0.15) is 11.4 Å². The normalized spacial score (nSPS) is 11.1. The van der Waals surface area contributed by atoms with Crippen LogP contribution in [-0.2, 0) is 12.3 Å². The summed E-state index contributed by atoms with van der Waals surface area (Å²) in [6.45, 7) is 0.701. The third-order valence-electron chi connectivity index (χ3n) is 4.51. The molecule has 3 heterocycles. The molecule has 2 aromatic carbocycles. The van der Waals surface area contributed by atoms with Crippen LogP contribution >= 0.6 is 23.1 Å². The molecule has 0 aliphatic carbocycles. The Morgan fingerprint density at radius 3 is 2.40 bits per heavy atom. The first-order chi connectivity index (χ1) is 14.9. The van der Waals surface area contributed by atoms with Crippen LogP contribution in [0, 0.1) is 0 Å². The third kappa shape index (κ3) is 3.89. The maximum Gasteiger partial charge on any atom is 0.192 e. The van der Waals surface area contributed by atoms with Crippen LogP contribution in [0.3, 0.4) is 0 Å². The lowest BCUT2D eigenvalue weighted by Gasteiger charge is -2.10. The summed E-state index contributed by atoms with van der Waals surface area (Å²) in [5.74, 6) is 2.22. The summed E-state index contributed by atoms with van der Waals surface area (Å²) >= 11 is 3.24. The Morgan fingerprint density at radius 2 is 1.63 bits per heavy atom. The van der Waals surface area contributed by atoms with E-state index >= 15 is 0 Å². The second-order valence-corrected chi connectivity index (χ2v) is 8.38. The van der Waals surface area contributed by atoms with Crippen molar-refractivity contribution < 1.29 is 0 Å². The summed E-state index contributed by atoms with van der Waals surface area (Å²) in [6.07, 6.45) is 0. The van der Waals surface area contributed by atoms with Gasteiger partial charge in [-0.15, -0.1) is 26.6 Å². The highest BCUT2D eigenvalue weighted by atomic mass is 32.2. The van der Waals surface area contributed by atoms with E-state index in [1.165, 1.54) is 5.56 Å². The van der Waals surface area contributed by atoms with E-state index in [1.54, 1.807) is 27.8 Å². The SMILES string of the molecule is c1ccc(Cn2c(SCc3nnnn3-c3ccccc3)nnc2-c2cccs2)cc1. The molecule has 9 heteroatoms. The van der Waals surface area contributed by atoms with E-state index in [4.69, 9.17) is 0 Å². The van der Waals surface area contributed by atoms with Gasteiger partial charge in [0.2, 0.25) is 0 Å². The highest BCUT2D eigenvalue weighted by Gasteiger charge is 2.17. The van der Waals surface area contributed by atoms with E-state index in [1.807, 2.05) is 54.6 Å². The molecule has 0 spiro atoms. The quantitative estimate of drug-likeness (QED) is 0.357. The fraction of sp³-hybridized carbons (Fsp3) is 0.0952. The second-order valence-electron chi connectivity index (χ2n) is 6.49. The van der Waals surface area contributed by atoms with Crippen LogP contribution < -0.4 is 0 Å². The number of thioether (sulfide) groups is 1. The van der Waals surface area contributed by atoms with Gasteiger partial charge in [0.15, 0.2) is 16.8 Å². The van der Waals surface area contributed by atoms with Crippen LogP contribution in [0.5, 0.6) is 0 Å². The van der Waals surface area contributed by atoms with E-state index < -0.39 is 0 Å². The summed E-state index contributed by atoms with van der Waals surface area (Å²) < 4.78 is 3.91. The number of aromatic nitrogens is 7. The predicted molar refractivity (Wildman–Crippen MR) is 118 cm³/mol. The number of hydrogen-bond acceptors (Lipinski definition) is 7. The van der Waals surface area contributed by atoms with Gasteiger partial charge < -0.3 is 0 Å². The number of hydrogen-bond donors (Lipinski definition) is 0. The summed E-state index contributed by atoms with van der Waals surface area (Å²) in [4.78, 5) is 1.10. The Morgan fingerprint density at radius 1 is 0.833 bits per heavy atom. The van der Waals surface area contributed by atoms with Gasteiger partial charge in [-0.05, 0) is 39.6 Å². The molecule has 0 amide bonds. The van der Waals surface area contributed by atoms with Crippen LogP contribution in [-0.4, -0.2) is 35.0 Å². The van der Waals surface area contributed by atoms with Gasteiger partial charge in [-0.3, -0.25) is 4.57 Å². The van der Waals surface area contributed by atoms with Crippen molar-refractivity contribution >= 4 is 23.1 Å². The minimum atomic E-state index is 0.583. The van der Waals surface area contributed by atoms with Gasteiger partial charge in [-0.2, -0.15) is 4.68 Å². The molecule has 148 valence electrons. The lowest BCUT2D eigenvalue weighted by Crippen LogP contribution is -2.05. The van der Waals surface area contributed by atoms with Crippen molar-refractivity contribution in [2.24, 2.45) is 0 Å². The zero-order valence-corrected chi connectivity index (χ0v) is 17.5. The van der Waals surface area contributed by atoms with E-state index in [0.717, 1.165) is 27.4 Å². The Bertz CT molecular complexity index is 1220. The topological polar surface area (TPSA) is 74.3 Å². The molecule has 0 unspecified atom stereocenters. The van der Waals surface area contributed by atoms with E-state index in [-0.39, 0.29) is 0 Å². The van der Waals surface area contributed by atoms with Crippen molar-refractivity contribution in [3.05, 3.63) is 89.6 Å². The first-order valence-corrected chi connectivity index (χ1v) is 11.2. The maximum atomic E-state index is 4.48. The molecular formula is C21H17N7S2. The van der Waals surface area contributed by atoms with E-state index in [0.29, 0.717) is 12.3 Å². The number of tetrazole rings is 1. The zero-order chi connectivity index (χ0) is 20.2. The standard InChI is InChI=1S/C21H17N7S2/c1-3-8-16(9-4-1)14-27-20(18-12-7-13-29-18)23-24-21(27)30-15-19-22-25-26-28(19)17-10-5-2-6-11-17/h1-13H,14-15H2. The Balaban J connectivity index is 1.43. The largest absolute Gasteiger partial charge is 0.297 e. The van der Waals surface area contributed by atoms with Gasteiger partial charge in [0.25, 0.3) is 0 Å². The summed E-state index contributed by atoms with van der Waals surface area (Å²) in [7, 11) is 0. The maximum absolute atomic E-state index is 4.48. The first-order valence-electron chi connectivity index (χ1n) is 9.35. The van der Waals surface area contributed by atoms with Gasteiger partial charge in [0, 0.05) is 0 Å². The van der Waals surface area contributed by atoms with Gasteiger partial charge >= 0.3 is 0 Å². The lowest BCUT2D eigenvalue weighted by atomic mass is 10.2. The molecule has 0 radical (unpaired) electrons. The average molecular weight is 432 g/mol. The lowest BCUT2D eigenvalue weighted by molar-refractivity contribution is 0.714. The molecule has 0 atom stereocenters. The summed E-state index contributed by atoms with van der Waals surface area (Å²) in [5.41, 5.74) is 2.13. The number of thiophene rings is 1. The van der Waals surface area contributed by atoms with Crippen molar-refractivity contribution in [1.82, 2.24) is 35.0 Å². The molecular weight excluding hydrogens is 414 g/mol. The highest BCUT2D eigenvalue weighted by molar-refractivity contribution is 7.98. The molecule has 0 aliphatic heterocycles. The van der Waals surface area contributed by atoms with Gasteiger partial charge in [0.05, 0.1) is 22.9 Å². The minimum absolute atomic E-state index is 0.583. The second kappa shape index (κ2) is 8.60. The molecule has 7 nitrogen and oxygen atoms in total. The first kappa shape index (κ1) is 18.7. The smallest absolute Gasteiger partial charge is 0.192 e. The molecule has 0 fully saturated rings. The number of nitrogens with zero attached hydrogens (tertiary/aromatic N) is 7. The van der Waals surface area contributed by atoms with E-state index in [2.05, 4.69) is 53.9 Å². The zero-order valence-electron chi connectivity index (χ0n) is 15.9. The number of benzene rings is 2. The Labute approximate surface area is 181 Å². The Kier molecular flexibility index (Phi) is 5.36. The van der Waals surface area contributed by atoms with Gasteiger partial charge in [-0.25, -0.2) is 0 Å². The molecule has 0 N–H and O–H groups in total. The van der Waals surface area contributed by atoms with Crippen LogP contribution in [0.15, 0.2) is 83.3 Å². The molecule has 3 aromatic heterocycles. The van der Waals surface area contributed by atoms with E-state index in [9.17, 15) is 0 Å². The Hall–Kier alpha value is -3.30. The van der Waals surface area contributed by atoms with Crippen molar-refractivity contribution in [1.29, 1.82) is 0 Å². The van der Waals surface area contributed by atoms with Crippen molar-refractivity contribution in [3.8, 4) is 16.4 Å². The molecule has 0 saturated carbocycles. The molecule has 5 rings (SSSR count). The number of rotatable bonds is 7. The molecule has 0 saturated heterocycles. The average Bonchev–Trinajstić information content (AvgIpc) is 3.55. The van der Waals surface area contributed by atoms with Crippen molar-refractivity contribution in [2.45, 2.75) is 17.5 Å². The van der Waals surface area contributed by atoms with Crippen LogP contribution in [0.25, 0.3) is 16.4 Å².